The number of nitrogens with one attached hydrogen (secondary N) is 1. The molecule has 0 spiro atoms. The number of hydrogen-bond acceptors (Lipinski definition) is 3. The molecule has 2 N–H and O–H groups in total. The highest BCUT2D eigenvalue weighted by atomic mass is 79.9. The molecule has 0 aliphatic heterocycles. The zero-order valence-electron chi connectivity index (χ0n) is 13.4. The second kappa shape index (κ2) is 10.2. The van der Waals surface area contributed by atoms with Gasteiger partial charge in [0.15, 0.2) is 0 Å². The smallest absolute Gasteiger partial charge is 0.0945 e. The Morgan fingerprint density at radius 2 is 2.00 bits per heavy atom. The van der Waals surface area contributed by atoms with E-state index in [0.717, 1.165) is 23.2 Å². The van der Waals surface area contributed by atoms with Crippen LogP contribution in [0.1, 0.15) is 43.7 Å². The number of hydrogen-bond donors (Lipinski definition) is 2. The largest absolute Gasteiger partial charge is 0.389 e. The first-order valence-corrected chi connectivity index (χ1v) is 8.60. The molecule has 0 radical (unpaired) electrons. The van der Waals surface area contributed by atoms with Crippen LogP contribution in [-0.4, -0.2) is 31.0 Å². The van der Waals surface area contributed by atoms with Gasteiger partial charge >= 0.3 is 0 Å². The van der Waals surface area contributed by atoms with E-state index in [2.05, 4.69) is 54.2 Å². The van der Waals surface area contributed by atoms with Gasteiger partial charge in [-0.15, -0.1) is 0 Å². The van der Waals surface area contributed by atoms with Crippen LogP contribution in [0.2, 0.25) is 0 Å². The molecule has 0 aliphatic rings. The van der Waals surface area contributed by atoms with Crippen molar-refractivity contribution in [2.75, 3.05) is 25.1 Å². The standard InChI is InChI=1S/C17H28BrNO2/c1-4-5-6-7-8-21-12-15(20)11-19-17-14(3)9-13(2)10-16(17)18/h9-10,15,19-20H,4-8,11-12H2,1-3H3. The topological polar surface area (TPSA) is 41.5 Å². The van der Waals surface area contributed by atoms with Crippen molar-refractivity contribution in [2.24, 2.45) is 0 Å². The van der Waals surface area contributed by atoms with Crippen LogP contribution in [0.3, 0.4) is 0 Å². The van der Waals surface area contributed by atoms with Crippen LogP contribution in [0.4, 0.5) is 5.69 Å². The highest BCUT2D eigenvalue weighted by molar-refractivity contribution is 9.10. The summed E-state index contributed by atoms with van der Waals surface area (Å²) in [7, 11) is 0. The van der Waals surface area contributed by atoms with Crippen LogP contribution in [0.15, 0.2) is 16.6 Å². The predicted octanol–water partition coefficient (Wildman–Crippen LogP) is 4.44. The summed E-state index contributed by atoms with van der Waals surface area (Å²) in [5.41, 5.74) is 3.44. The molecule has 0 saturated heterocycles. The number of aliphatic hydroxyl groups excluding tert-OH is 1. The van der Waals surface area contributed by atoms with Crippen molar-refractivity contribution in [2.45, 2.75) is 52.6 Å². The first kappa shape index (κ1) is 18.5. The molecule has 0 saturated carbocycles. The minimum absolute atomic E-state index is 0.391. The minimum Gasteiger partial charge on any atom is -0.389 e. The van der Waals surface area contributed by atoms with Gasteiger partial charge < -0.3 is 15.2 Å². The Labute approximate surface area is 137 Å². The zero-order valence-corrected chi connectivity index (χ0v) is 15.0. The average molecular weight is 358 g/mol. The summed E-state index contributed by atoms with van der Waals surface area (Å²) >= 11 is 3.56. The number of ether oxygens (including phenoxy) is 1. The van der Waals surface area contributed by atoms with Crippen LogP contribution >= 0.6 is 15.9 Å². The number of aliphatic hydroxyl groups is 1. The van der Waals surface area contributed by atoms with Crippen molar-refractivity contribution in [3.8, 4) is 0 Å². The molecular formula is C17H28BrNO2. The maximum atomic E-state index is 9.95. The third-order valence-corrected chi connectivity index (χ3v) is 4.02. The molecule has 0 aromatic heterocycles. The lowest BCUT2D eigenvalue weighted by Crippen LogP contribution is -2.25. The maximum Gasteiger partial charge on any atom is 0.0945 e. The van der Waals surface area contributed by atoms with E-state index in [0.29, 0.717) is 13.2 Å². The maximum absolute atomic E-state index is 9.95. The van der Waals surface area contributed by atoms with Gasteiger partial charge in [0.25, 0.3) is 0 Å². The van der Waals surface area contributed by atoms with Crippen LogP contribution < -0.4 is 5.32 Å². The fourth-order valence-corrected chi connectivity index (χ4v) is 3.08. The van der Waals surface area contributed by atoms with E-state index < -0.39 is 6.10 Å². The predicted molar refractivity (Wildman–Crippen MR) is 93.1 cm³/mol. The van der Waals surface area contributed by atoms with Crippen LogP contribution in [-0.2, 0) is 4.74 Å². The minimum atomic E-state index is -0.483. The Balaban J connectivity index is 2.25. The second-order valence-corrected chi connectivity index (χ2v) is 6.46. The van der Waals surface area contributed by atoms with Gasteiger partial charge in [0.05, 0.1) is 18.4 Å². The van der Waals surface area contributed by atoms with Gasteiger partial charge in [-0.1, -0.05) is 32.3 Å². The number of rotatable bonds is 10. The lowest BCUT2D eigenvalue weighted by molar-refractivity contribution is 0.0416. The molecule has 21 heavy (non-hydrogen) atoms. The van der Waals surface area contributed by atoms with Crippen LogP contribution in [0.25, 0.3) is 0 Å². The zero-order chi connectivity index (χ0) is 15.7. The lowest BCUT2D eigenvalue weighted by atomic mass is 10.1. The first-order chi connectivity index (χ1) is 10.0. The van der Waals surface area contributed by atoms with Crippen molar-refractivity contribution >= 4 is 21.6 Å². The number of anilines is 1. The Morgan fingerprint density at radius 3 is 2.67 bits per heavy atom. The number of aryl methyl sites for hydroxylation is 2. The molecule has 1 atom stereocenters. The Bertz CT molecular complexity index is 400. The first-order valence-electron chi connectivity index (χ1n) is 7.81. The quantitative estimate of drug-likeness (QED) is 0.608. The molecular weight excluding hydrogens is 330 g/mol. The van der Waals surface area contributed by atoms with Gasteiger partial charge in [0.2, 0.25) is 0 Å². The van der Waals surface area contributed by atoms with Crippen LogP contribution in [0.5, 0.6) is 0 Å². The average Bonchev–Trinajstić information content (AvgIpc) is 2.41. The molecule has 120 valence electrons. The van der Waals surface area contributed by atoms with Gasteiger partial charge in [-0.25, -0.2) is 0 Å². The Hall–Kier alpha value is -0.580. The third kappa shape index (κ3) is 7.30. The highest BCUT2D eigenvalue weighted by Gasteiger charge is 2.08. The van der Waals surface area contributed by atoms with Gasteiger partial charge in [-0.3, -0.25) is 0 Å². The Morgan fingerprint density at radius 1 is 1.24 bits per heavy atom. The summed E-state index contributed by atoms with van der Waals surface area (Å²) in [6, 6.07) is 4.20. The molecule has 1 aromatic rings. The van der Waals surface area contributed by atoms with E-state index in [1.165, 1.54) is 30.4 Å². The molecule has 1 unspecified atom stereocenters. The van der Waals surface area contributed by atoms with Crippen molar-refractivity contribution < 1.29 is 9.84 Å². The molecule has 1 aromatic carbocycles. The molecule has 4 heteroatoms. The van der Waals surface area contributed by atoms with Crippen molar-refractivity contribution in [3.63, 3.8) is 0 Å². The summed E-state index contributed by atoms with van der Waals surface area (Å²) in [5.74, 6) is 0. The van der Waals surface area contributed by atoms with Gasteiger partial charge in [0.1, 0.15) is 0 Å². The van der Waals surface area contributed by atoms with E-state index in [1.54, 1.807) is 0 Å². The summed E-state index contributed by atoms with van der Waals surface area (Å²) < 4.78 is 6.54. The van der Waals surface area contributed by atoms with Gasteiger partial charge in [-0.2, -0.15) is 0 Å². The number of unbranched alkanes of at least 4 members (excludes halogenated alkanes) is 3. The summed E-state index contributed by atoms with van der Waals surface area (Å²) in [6.07, 6.45) is 4.30. The van der Waals surface area contributed by atoms with E-state index in [4.69, 9.17) is 4.74 Å². The van der Waals surface area contributed by atoms with Gasteiger partial charge in [-0.05, 0) is 53.4 Å². The lowest BCUT2D eigenvalue weighted by Gasteiger charge is -2.16. The fraction of sp³-hybridized carbons (Fsp3) is 0.647. The van der Waals surface area contributed by atoms with Crippen molar-refractivity contribution in [1.29, 1.82) is 0 Å². The summed E-state index contributed by atoms with van der Waals surface area (Å²) in [4.78, 5) is 0. The molecule has 3 nitrogen and oxygen atoms in total. The summed E-state index contributed by atoms with van der Waals surface area (Å²) in [6.45, 7) is 7.96. The molecule has 0 amide bonds. The van der Waals surface area contributed by atoms with E-state index in [9.17, 15) is 5.11 Å². The second-order valence-electron chi connectivity index (χ2n) is 5.61. The molecule has 1 rings (SSSR count). The van der Waals surface area contributed by atoms with E-state index in [1.807, 2.05) is 0 Å². The monoisotopic (exact) mass is 357 g/mol. The number of halogens is 1. The van der Waals surface area contributed by atoms with E-state index in [-0.39, 0.29) is 0 Å². The molecule has 0 heterocycles. The summed E-state index contributed by atoms with van der Waals surface area (Å²) in [5, 5.41) is 13.2. The molecule has 0 fully saturated rings. The van der Waals surface area contributed by atoms with Gasteiger partial charge in [0, 0.05) is 17.6 Å². The number of benzene rings is 1. The van der Waals surface area contributed by atoms with E-state index >= 15 is 0 Å². The third-order valence-electron chi connectivity index (χ3n) is 3.40. The normalized spacial score (nSPS) is 12.4. The SMILES string of the molecule is CCCCCCOCC(O)CNc1c(C)cc(C)cc1Br. The van der Waals surface area contributed by atoms with Crippen molar-refractivity contribution in [1.82, 2.24) is 0 Å². The fourth-order valence-electron chi connectivity index (χ4n) is 2.27. The van der Waals surface area contributed by atoms with Crippen LogP contribution in [0, 0.1) is 13.8 Å². The molecule has 0 aliphatic carbocycles. The Kier molecular flexibility index (Phi) is 8.97. The highest BCUT2D eigenvalue weighted by Crippen LogP contribution is 2.27. The van der Waals surface area contributed by atoms with Crippen molar-refractivity contribution in [3.05, 3.63) is 27.7 Å². The molecule has 0 bridgehead atoms.